The average molecular weight is 230 g/mol. The van der Waals surface area contributed by atoms with Crippen molar-refractivity contribution in [1.29, 1.82) is 0 Å². The second-order valence-electron chi connectivity index (χ2n) is 4.20. The van der Waals surface area contributed by atoms with E-state index in [0.717, 1.165) is 19.5 Å². The number of ether oxygens (including phenoxy) is 2. The fourth-order valence-electron chi connectivity index (χ4n) is 2.31. The first kappa shape index (κ1) is 13.9. The normalized spacial score (nSPS) is 22.1. The van der Waals surface area contributed by atoms with Gasteiger partial charge >= 0.3 is 0 Å². The van der Waals surface area contributed by atoms with Crippen molar-refractivity contribution >= 4 is 0 Å². The minimum atomic E-state index is -0.0472. The summed E-state index contributed by atoms with van der Waals surface area (Å²) < 4.78 is 11.1. The second kappa shape index (κ2) is 8.01. The number of likely N-dealkylation sites (tertiary alicyclic amines) is 1. The minimum Gasteiger partial charge on any atom is -0.353 e. The zero-order valence-corrected chi connectivity index (χ0v) is 10.7. The van der Waals surface area contributed by atoms with Crippen LogP contribution < -0.4 is 5.73 Å². The van der Waals surface area contributed by atoms with Crippen LogP contribution in [0.4, 0.5) is 0 Å². The molecule has 1 atom stereocenters. The van der Waals surface area contributed by atoms with Gasteiger partial charge in [0, 0.05) is 38.8 Å². The highest BCUT2D eigenvalue weighted by Gasteiger charge is 2.23. The predicted molar refractivity (Wildman–Crippen MR) is 65.3 cm³/mol. The Morgan fingerprint density at radius 2 is 2.00 bits per heavy atom. The Morgan fingerprint density at radius 1 is 1.31 bits per heavy atom. The first-order valence-corrected chi connectivity index (χ1v) is 6.49. The van der Waals surface area contributed by atoms with Crippen molar-refractivity contribution < 1.29 is 9.47 Å². The Labute approximate surface area is 99.1 Å². The van der Waals surface area contributed by atoms with Gasteiger partial charge < -0.3 is 15.2 Å². The number of nitrogens with zero attached hydrogens (tertiary/aromatic N) is 1. The van der Waals surface area contributed by atoms with E-state index in [1.807, 2.05) is 13.8 Å². The van der Waals surface area contributed by atoms with Gasteiger partial charge in [-0.3, -0.25) is 4.90 Å². The molecule has 0 aromatic rings. The molecule has 1 aliphatic rings. The van der Waals surface area contributed by atoms with Crippen LogP contribution in [-0.4, -0.2) is 50.1 Å². The Kier molecular flexibility index (Phi) is 6.96. The lowest BCUT2D eigenvalue weighted by Crippen LogP contribution is -2.37. The van der Waals surface area contributed by atoms with Crippen molar-refractivity contribution in [2.24, 2.45) is 5.73 Å². The van der Waals surface area contributed by atoms with Crippen molar-refractivity contribution in [2.45, 2.75) is 45.4 Å². The second-order valence-corrected chi connectivity index (χ2v) is 4.20. The lowest BCUT2D eigenvalue weighted by molar-refractivity contribution is -0.141. The maximum atomic E-state index is 5.74. The summed E-state index contributed by atoms with van der Waals surface area (Å²) in [6.07, 6.45) is 3.41. The van der Waals surface area contributed by atoms with Gasteiger partial charge in [0.2, 0.25) is 0 Å². The van der Waals surface area contributed by atoms with Gasteiger partial charge in [0.25, 0.3) is 0 Å². The predicted octanol–water partition coefficient (Wildman–Crippen LogP) is 1.20. The molecule has 2 N–H and O–H groups in total. The largest absolute Gasteiger partial charge is 0.353 e. The van der Waals surface area contributed by atoms with E-state index in [4.69, 9.17) is 15.2 Å². The van der Waals surface area contributed by atoms with Gasteiger partial charge in [0.15, 0.2) is 6.29 Å². The topological polar surface area (TPSA) is 47.7 Å². The molecule has 0 bridgehead atoms. The molecule has 1 saturated heterocycles. The van der Waals surface area contributed by atoms with Crippen molar-refractivity contribution in [2.75, 3.05) is 32.8 Å². The Morgan fingerprint density at radius 3 is 2.56 bits per heavy atom. The van der Waals surface area contributed by atoms with Crippen LogP contribution in [-0.2, 0) is 9.47 Å². The molecule has 0 saturated carbocycles. The van der Waals surface area contributed by atoms with Crippen LogP contribution in [0.1, 0.15) is 33.1 Å². The Hall–Kier alpha value is -0.160. The average Bonchev–Trinajstić information content (AvgIpc) is 2.74. The standard InChI is InChI=1S/C12H26N2O2/c1-3-15-12(16-4-2)7-9-14-8-5-6-11(14)10-13/h11-12H,3-10,13H2,1-2H3. The van der Waals surface area contributed by atoms with Crippen molar-refractivity contribution in [1.82, 2.24) is 4.90 Å². The molecule has 1 rings (SSSR count). The van der Waals surface area contributed by atoms with Gasteiger partial charge in [-0.25, -0.2) is 0 Å². The number of hydrogen-bond donors (Lipinski definition) is 1. The van der Waals surface area contributed by atoms with E-state index in [-0.39, 0.29) is 6.29 Å². The third kappa shape index (κ3) is 4.37. The molecule has 4 nitrogen and oxygen atoms in total. The maximum Gasteiger partial charge on any atom is 0.158 e. The lowest BCUT2D eigenvalue weighted by Gasteiger charge is -2.25. The summed E-state index contributed by atoms with van der Waals surface area (Å²) in [7, 11) is 0. The highest BCUT2D eigenvalue weighted by molar-refractivity contribution is 4.79. The SMILES string of the molecule is CCOC(CCN1CCCC1CN)OCC. The van der Waals surface area contributed by atoms with E-state index in [2.05, 4.69) is 4.90 Å². The summed E-state index contributed by atoms with van der Waals surface area (Å²) in [5, 5.41) is 0. The molecule has 0 aromatic heterocycles. The van der Waals surface area contributed by atoms with Crippen LogP contribution in [0.2, 0.25) is 0 Å². The van der Waals surface area contributed by atoms with Crippen molar-refractivity contribution in [3.05, 3.63) is 0 Å². The number of hydrogen-bond acceptors (Lipinski definition) is 4. The first-order chi connectivity index (χ1) is 7.81. The van der Waals surface area contributed by atoms with Gasteiger partial charge in [-0.15, -0.1) is 0 Å². The quantitative estimate of drug-likeness (QED) is 0.637. The van der Waals surface area contributed by atoms with Gasteiger partial charge in [0.05, 0.1) is 0 Å². The van der Waals surface area contributed by atoms with Crippen LogP contribution in [0.5, 0.6) is 0 Å². The monoisotopic (exact) mass is 230 g/mol. The summed E-state index contributed by atoms with van der Waals surface area (Å²) >= 11 is 0. The summed E-state index contributed by atoms with van der Waals surface area (Å²) in [5.74, 6) is 0. The third-order valence-corrected chi connectivity index (χ3v) is 3.13. The summed E-state index contributed by atoms with van der Waals surface area (Å²) in [4.78, 5) is 2.46. The zero-order valence-electron chi connectivity index (χ0n) is 10.7. The van der Waals surface area contributed by atoms with Crippen molar-refractivity contribution in [3.63, 3.8) is 0 Å². The fourth-order valence-corrected chi connectivity index (χ4v) is 2.31. The van der Waals surface area contributed by atoms with Crippen LogP contribution >= 0.6 is 0 Å². The molecular weight excluding hydrogens is 204 g/mol. The molecule has 1 unspecified atom stereocenters. The van der Waals surface area contributed by atoms with E-state index in [1.165, 1.54) is 19.4 Å². The van der Waals surface area contributed by atoms with Gasteiger partial charge in [-0.1, -0.05) is 0 Å². The molecule has 96 valence electrons. The van der Waals surface area contributed by atoms with Gasteiger partial charge in [-0.05, 0) is 33.2 Å². The van der Waals surface area contributed by atoms with Crippen LogP contribution in [0, 0.1) is 0 Å². The molecule has 0 aliphatic carbocycles. The molecule has 4 heteroatoms. The third-order valence-electron chi connectivity index (χ3n) is 3.13. The number of rotatable bonds is 8. The molecule has 1 fully saturated rings. The van der Waals surface area contributed by atoms with Gasteiger partial charge in [0.1, 0.15) is 0 Å². The molecule has 1 aliphatic heterocycles. The van der Waals surface area contributed by atoms with E-state index in [9.17, 15) is 0 Å². The molecule has 0 amide bonds. The molecule has 0 radical (unpaired) electrons. The lowest BCUT2D eigenvalue weighted by atomic mass is 10.2. The van der Waals surface area contributed by atoms with Crippen LogP contribution in [0.15, 0.2) is 0 Å². The van der Waals surface area contributed by atoms with E-state index >= 15 is 0 Å². The molecule has 0 spiro atoms. The maximum absolute atomic E-state index is 5.74. The van der Waals surface area contributed by atoms with Crippen LogP contribution in [0.25, 0.3) is 0 Å². The zero-order chi connectivity index (χ0) is 11.8. The number of nitrogens with two attached hydrogens (primary N) is 1. The minimum absolute atomic E-state index is 0.0472. The van der Waals surface area contributed by atoms with E-state index in [1.54, 1.807) is 0 Å². The highest BCUT2D eigenvalue weighted by atomic mass is 16.7. The smallest absolute Gasteiger partial charge is 0.158 e. The highest BCUT2D eigenvalue weighted by Crippen LogP contribution is 2.17. The molecule has 0 aromatic carbocycles. The van der Waals surface area contributed by atoms with E-state index in [0.29, 0.717) is 19.3 Å². The Bertz CT molecular complexity index is 172. The molecule has 1 heterocycles. The van der Waals surface area contributed by atoms with Gasteiger partial charge in [-0.2, -0.15) is 0 Å². The summed E-state index contributed by atoms with van der Waals surface area (Å²) in [6.45, 7) is 8.42. The fraction of sp³-hybridized carbons (Fsp3) is 1.00. The van der Waals surface area contributed by atoms with Crippen LogP contribution in [0.3, 0.4) is 0 Å². The molecular formula is C12H26N2O2. The molecule has 16 heavy (non-hydrogen) atoms. The summed E-state index contributed by atoms with van der Waals surface area (Å²) in [5.41, 5.74) is 5.74. The Balaban J connectivity index is 2.24. The first-order valence-electron chi connectivity index (χ1n) is 6.49. The van der Waals surface area contributed by atoms with Crippen molar-refractivity contribution in [3.8, 4) is 0 Å². The van der Waals surface area contributed by atoms with E-state index < -0.39 is 0 Å². The summed E-state index contributed by atoms with van der Waals surface area (Å²) in [6, 6.07) is 0.573.